The number of aromatic amines is 1. The predicted octanol–water partition coefficient (Wildman–Crippen LogP) is 0.990. The summed E-state index contributed by atoms with van der Waals surface area (Å²) in [5, 5.41) is 0. The van der Waals surface area contributed by atoms with Crippen LogP contribution in [-0.4, -0.2) is 4.98 Å². The molecule has 0 aliphatic heterocycles. The molecule has 0 spiro atoms. The summed E-state index contributed by atoms with van der Waals surface area (Å²) in [6.45, 7) is 5.49. The number of rotatable bonds is 1. The Morgan fingerprint density at radius 3 is 2.73 bits per heavy atom. The van der Waals surface area contributed by atoms with Gasteiger partial charge >= 0.3 is 0 Å². The molecule has 0 aliphatic rings. The normalized spacial score (nSPS) is 9.55. The van der Waals surface area contributed by atoms with Gasteiger partial charge in [-0.2, -0.15) is 0 Å². The molecule has 0 radical (unpaired) electrons. The molecular weight excluding hydrogens is 140 g/mol. The lowest BCUT2D eigenvalue weighted by Gasteiger charge is -1.99. The van der Waals surface area contributed by atoms with E-state index in [2.05, 4.69) is 11.6 Å². The van der Waals surface area contributed by atoms with Crippen molar-refractivity contribution in [3.63, 3.8) is 0 Å². The third-order valence-electron chi connectivity index (χ3n) is 1.33. The number of hydrogen-bond donors (Lipinski definition) is 2. The smallest absolute Gasteiger partial charge is 0.250 e. The maximum atomic E-state index is 10.8. The average molecular weight is 150 g/mol. The Balaban J connectivity index is 3.30. The van der Waals surface area contributed by atoms with E-state index in [4.69, 9.17) is 5.73 Å². The molecule has 0 unspecified atom stereocenters. The van der Waals surface area contributed by atoms with Crippen molar-refractivity contribution >= 4 is 11.3 Å². The number of nitrogen functional groups attached to an aromatic ring is 1. The van der Waals surface area contributed by atoms with Gasteiger partial charge in [0, 0.05) is 17.4 Å². The summed E-state index contributed by atoms with van der Waals surface area (Å²) in [6, 6.07) is 3.02. The van der Waals surface area contributed by atoms with Crippen molar-refractivity contribution in [1.82, 2.24) is 4.98 Å². The Hall–Kier alpha value is -1.51. The molecule has 0 aliphatic carbocycles. The average Bonchev–Trinajstić information content (AvgIpc) is 1.85. The summed E-state index contributed by atoms with van der Waals surface area (Å²) in [7, 11) is 0. The molecule has 1 rings (SSSR count). The number of anilines is 1. The standard InChI is InChI=1S/C8H10N2O/c1-5(2)7-3-6(9)4-8(11)10-7/h3-4H,1H2,2H3,(H3,9,10,11). The third-order valence-corrected chi connectivity index (χ3v) is 1.33. The van der Waals surface area contributed by atoms with Crippen LogP contribution in [-0.2, 0) is 0 Å². The third kappa shape index (κ3) is 1.70. The zero-order valence-electron chi connectivity index (χ0n) is 6.35. The van der Waals surface area contributed by atoms with Gasteiger partial charge in [0.15, 0.2) is 0 Å². The number of H-pyrrole nitrogens is 1. The summed E-state index contributed by atoms with van der Waals surface area (Å²) in [5.41, 5.74) is 7.20. The van der Waals surface area contributed by atoms with Gasteiger partial charge in [0.2, 0.25) is 5.56 Å². The van der Waals surface area contributed by atoms with Crippen molar-refractivity contribution in [3.05, 3.63) is 34.8 Å². The lowest BCUT2D eigenvalue weighted by molar-refractivity contribution is 1.20. The van der Waals surface area contributed by atoms with E-state index in [1.165, 1.54) is 6.07 Å². The van der Waals surface area contributed by atoms with Crippen LogP contribution in [0.3, 0.4) is 0 Å². The van der Waals surface area contributed by atoms with Crippen molar-refractivity contribution in [2.24, 2.45) is 0 Å². The minimum Gasteiger partial charge on any atom is -0.399 e. The molecule has 11 heavy (non-hydrogen) atoms. The van der Waals surface area contributed by atoms with Crippen LogP contribution in [0, 0.1) is 0 Å². The van der Waals surface area contributed by atoms with Crippen LogP contribution >= 0.6 is 0 Å². The first kappa shape index (κ1) is 7.60. The molecular formula is C8H10N2O. The summed E-state index contributed by atoms with van der Waals surface area (Å²) >= 11 is 0. The molecule has 3 N–H and O–H groups in total. The number of pyridine rings is 1. The van der Waals surface area contributed by atoms with Gasteiger partial charge in [-0.05, 0) is 18.6 Å². The Morgan fingerprint density at radius 1 is 1.64 bits per heavy atom. The highest BCUT2D eigenvalue weighted by Crippen LogP contribution is 2.08. The maximum Gasteiger partial charge on any atom is 0.250 e. The van der Waals surface area contributed by atoms with Crippen LogP contribution in [0.4, 0.5) is 5.69 Å². The number of hydrogen-bond acceptors (Lipinski definition) is 2. The van der Waals surface area contributed by atoms with E-state index in [1.807, 2.05) is 6.92 Å². The number of nitrogens with two attached hydrogens (primary N) is 1. The lowest BCUT2D eigenvalue weighted by Crippen LogP contribution is -2.07. The van der Waals surface area contributed by atoms with E-state index in [9.17, 15) is 4.79 Å². The van der Waals surface area contributed by atoms with Crippen molar-refractivity contribution in [3.8, 4) is 0 Å². The molecule has 0 bridgehead atoms. The van der Waals surface area contributed by atoms with Gasteiger partial charge in [0.05, 0.1) is 0 Å². The minimum absolute atomic E-state index is 0.192. The zero-order valence-corrected chi connectivity index (χ0v) is 6.35. The molecule has 0 aromatic carbocycles. The van der Waals surface area contributed by atoms with E-state index in [0.29, 0.717) is 11.4 Å². The molecule has 0 fully saturated rings. The van der Waals surface area contributed by atoms with Gasteiger partial charge in [-0.3, -0.25) is 4.79 Å². The Labute approximate surface area is 64.6 Å². The van der Waals surface area contributed by atoms with Gasteiger partial charge in [-0.25, -0.2) is 0 Å². The highest BCUT2D eigenvalue weighted by atomic mass is 16.1. The molecule has 3 heteroatoms. The second-order valence-corrected chi connectivity index (χ2v) is 2.47. The van der Waals surface area contributed by atoms with Crippen molar-refractivity contribution in [1.29, 1.82) is 0 Å². The molecule has 58 valence electrons. The topological polar surface area (TPSA) is 58.9 Å². The van der Waals surface area contributed by atoms with Gasteiger partial charge in [0.1, 0.15) is 0 Å². The summed E-state index contributed by atoms with van der Waals surface area (Å²) in [6.07, 6.45) is 0. The molecule has 3 nitrogen and oxygen atoms in total. The number of aromatic nitrogens is 1. The van der Waals surface area contributed by atoms with Crippen molar-refractivity contribution < 1.29 is 0 Å². The Bertz CT molecular complexity index is 338. The van der Waals surface area contributed by atoms with Crippen molar-refractivity contribution in [2.75, 3.05) is 5.73 Å². The highest BCUT2D eigenvalue weighted by Gasteiger charge is 1.95. The van der Waals surface area contributed by atoms with E-state index in [-0.39, 0.29) is 5.56 Å². The fraction of sp³-hybridized carbons (Fsp3) is 0.125. The Morgan fingerprint density at radius 2 is 2.27 bits per heavy atom. The second-order valence-electron chi connectivity index (χ2n) is 2.47. The second kappa shape index (κ2) is 2.62. The molecule has 0 atom stereocenters. The number of allylic oxidation sites excluding steroid dienone is 1. The van der Waals surface area contributed by atoms with E-state index in [0.717, 1.165) is 5.57 Å². The first-order valence-corrected chi connectivity index (χ1v) is 3.25. The molecule has 1 aromatic rings. The molecule has 0 saturated carbocycles. The number of nitrogens with one attached hydrogen (secondary N) is 1. The van der Waals surface area contributed by atoms with Crippen LogP contribution in [0.25, 0.3) is 5.57 Å². The summed E-state index contributed by atoms with van der Waals surface area (Å²) in [4.78, 5) is 13.5. The van der Waals surface area contributed by atoms with Crippen LogP contribution in [0.1, 0.15) is 12.6 Å². The Kier molecular flexibility index (Phi) is 1.81. The summed E-state index contributed by atoms with van der Waals surface area (Å²) in [5.74, 6) is 0. The zero-order chi connectivity index (χ0) is 8.43. The predicted molar refractivity (Wildman–Crippen MR) is 46.2 cm³/mol. The first-order chi connectivity index (χ1) is 5.09. The largest absolute Gasteiger partial charge is 0.399 e. The van der Waals surface area contributed by atoms with E-state index < -0.39 is 0 Å². The quantitative estimate of drug-likeness (QED) is 0.627. The highest BCUT2D eigenvalue weighted by molar-refractivity contribution is 5.60. The minimum atomic E-state index is -0.192. The molecule has 0 saturated heterocycles. The molecule has 1 aromatic heterocycles. The van der Waals surface area contributed by atoms with Gasteiger partial charge < -0.3 is 10.7 Å². The summed E-state index contributed by atoms with van der Waals surface area (Å²) < 4.78 is 0. The van der Waals surface area contributed by atoms with Crippen LogP contribution < -0.4 is 11.3 Å². The van der Waals surface area contributed by atoms with Gasteiger partial charge in [-0.15, -0.1) is 0 Å². The van der Waals surface area contributed by atoms with Gasteiger partial charge in [-0.1, -0.05) is 6.58 Å². The lowest BCUT2D eigenvalue weighted by atomic mass is 10.2. The SMILES string of the molecule is C=C(C)c1cc(N)cc(=O)[nH]1. The van der Waals surface area contributed by atoms with Crippen LogP contribution in [0.15, 0.2) is 23.5 Å². The monoisotopic (exact) mass is 150 g/mol. The fourth-order valence-corrected chi connectivity index (χ4v) is 0.795. The van der Waals surface area contributed by atoms with Gasteiger partial charge in [0.25, 0.3) is 0 Å². The molecule has 1 heterocycles. The molecule has 0 amide bonds. The van der Waals surface area contributed by atoms with E-state index in [1.54, 1.807) is 6.07 Å². The van der Waals surface area contributed by atoms with Crippen LogP contribution in [0.2, 0.25) is 0 Å². The fourth-order valence-electron chi connectivity index (χ4n) is 0.795. The van der Waals surface area contributed by atoms with Crippen molar-refractivity contribution in [2.45, 2.75) is 6.92 Å². The first-order valence-electron chi connectivity index (χ1n) is 3.25. The van der Waals surface area contributed by atoms with E-state index >= 15 is 0 Å². The maximum absolute atomic E-state index is 10.8. The van der Waals surface area contributed by atoms with Crippen LogP contribution in [0.5, 0.6) is 0 Å².